The van der Waals surface area contributed by atoms with Gasteiger partial charge in [-0.25, -0.2) is 4.52 Å². The van der Waals surface area contributed by atoms with Crippen LogP contribution < -0.4 is 5.56 Å². The van der Waals surface area contributed by atoms with E-state index in [2.05, 4.69) is 5.10 Å². The Morgan fingerprint density at radius 2 is 2.10 bits per heavy atom. The number of halogens is 1. The number of carbonyl (C=O) groups is 1. The summed E-state index contributed by atoms with van der Waals surface area (Å²) in [4.78, 5) is 22.9. The Kier molecular flexibility index (Phi) is 3.23. The van der Waals surface area contributed by atoms with Crippen molar-refractivity contribution in [2.75, 3.05) is 0 Å². The van der Waals surface area contributed by atoms with Crippen molar-refractivity contribution in [3.63, 3.8) is 0 Å². The highest BCUT2D eigenvalue weighted by atomic mass is 35.5. The Bertz CT molecular complexity index is 898. The van der Waals surface area contributed by atoms with E-state index in [0.717, 1.165) is 10.1 Å². The zero-order chi connectivity index (χ0) is 15.0. The molecule has 0 unspecified atom stereocenters. The number of aliphatic carboxylic acids is 1. The van der Waals surface area contributed by atoms with E-state index < -0.39 is 11.5 Å². The van der Waals surface area contributed by atoms with Gasteiger partial charge in [-0.3, -0.25) is 9.59 Å². The molecule has 0 bridgehead atoms. The Hall–Kier alpha value is -2.60. The highest BCUT2D eigenvalue weighted by Crippen LogP contribution is 2.21. The predicted molar refractivity (Wildman–Crippen MR) is 77.5 cm³/mol. The molecule has 6 nitrogen and oxygen atoms in total. The fourth-order valence-electron chi connectivity index (χ4n) is 2.09. The molecule has 0 fully saturated rings. The summed E-state index contributed by atoms with van der Waals surface area (Å²) in [6.45, 7) is -0.382. The summed E-state index contributed by atoms with van der Waals surface area (Å²) in [6, 6.07) is 8.75. The molecule has 0 aliphatic rings. The number of benzene rings is 1. The number of carboxylic acid groups (broad SMARTS) is 1. The van der Waals surface area contributed by atoms with Crippen LogP contribution in [-0.2, 0) is 11.3 Å². The van der Waals surface area contributed by atoms with Gasteiger partial charge < -0.3 is 9.67 Å². The average molecular weight is 304 g/mol. The molecular weight excluding hydrogens is 294 g/mol. The first-order valence-corrected chi connectivity index (χ1v) is 6.49. The van der Waals surface area contributed by atoms with Crippen LogP contribution in [0.15, 0.2) is 47.5 Å². The molecule has 0 aliphatic carbocycles. The minimum atomic E-state index is -1.07. The molecule has 0 saturated carbocycles. The smallest absolute Gasteiger partial charge is 0.323 e. The van der Waals surface area contributed by atoms with E-state index in [4.69, 9.17) is 16.7 Å². The van der Waals surface area contributed by atoms with Crippen LogP contribution in [0, 0.1) is 0 Å². The third-order valence-corrected chi connectivity index (χ3v) is 3.26. The summed E-state index contributed by atoms with van der Waals surface area (Å²) in [5.41, 5.74) is 1.30. The predicted octanol–water partition coefficient (Wildman–Crippen LogP) is 1.90. The van der Waals surface area contributed by atoms with E-state index in [0.29, 0.717) is 16.2 Å². The van der Waals surface area contributed by atoms with Crippen LogP contribution in [-0.4, -0.2) is 25.3 Å². The maximum Gasteiger partial charge on any atom is 0.323 e. The molecule has 0 amide bonds. The van der Waals surface area contributed by atoms with Gasteiger partial charge in [0.1, 0.15) is 12.1 Å². The van der Waals surface area contributed by atoms with Crippen LogP contribution in [0.25, 0.3) is 16.8 Å². The molecule has 1 aromatic carbocycles. The summed E-state index contributed by atoms with van der Waals surface area (Å²) in [5.74, 6) is -1.07. The second-order valence-corrected chi connectivity index (χ2v) is 4.93. The molecule has 3 rings (SSSR count). The number of aromatic nitrogens is 3. The minimum Gasteiger partial charge on any atom is -0.480 e. The van der Waals surface area contributed by atoms with Crippen LogP contribution in [0.2, 0.25) is 5.02 Å². The topological polar surface area (TPSA) is 76.6 Å². The molecule has 2 aromatic heterocycles. The van der Waals surface area contributed by atoms with Gasteiger partial charge in [-0.2, -0.15) is 5.10 Å². The minimum absolute atomic E-state index is 0.314. The van der Waals surface area contributed by atoms with E-state index in [1.54, 1.807) is 30.5 Å². The normalized spacial score (nSPS) is 10.9. The average Bonchev–Trinajstić information content (AvgIpc) is 2.86. The first-order valence-electron chi connectivity index (χ1n) is 6.11. The van der Waals surface area contributed by atoms with Crippen molar-refractivity contribution in [1.29, 1.82) is 0 Å². The van der Waals surface area contributed by atoms with E-state index in [9.17, 15) is 9.59 Å². The van der Waals surface area contributed by atoms with Crippen molar-refractivity contribution in [1.82, 2.24) is 14.2 Å². The third-order valence-electron chi connectivity index (χ3n) is 3.03. The molecule has 0 saturated heterocycles. The Labute approximate surface area is 123 Å². The molecule has 1 N–H and O–H groups in total. The Balaban J connectivity index is 2.14. The van der Waals surface area contributed by atoms with Crippen molar-refractivity contribution < 1.29 is 9.90 Å². The van der Waals surface area contributed by atoms with Crippen LogP contribution in [0.1, 0.15) is 0 Å². The molecule has 7 heteroatoms. The lowest BCUT2D eigenvalue weighted by atomic mass is 10.1. The summed E-state index contributed by atoms with van der Waals surface area (Å²) in [5, 5.41) is 13.7. The Morgan fingerprint density at radius 1 is 1.29 bits per heavy atom. The first kappa shape index (κ1) is 13.4. The summed E-state index contributed by atoms with van der Waals surface area (Å²) in [7, 11) is 0. The zero-order valence-corrected chi connectivity index (χ0v) is 11.5. The lowest BCUT2D eigenvalue weighted by Crippen LogP contribution is -2.24. The molecule has 106 valence electrons. The van der Waals surface area contributed by atoms with E-state index in [1.807, 2.05) is 6.07 Å². The monoisotopic (exact) mass is 303 g/mol. The molecule has 0 atom stereocenters. The summed E-state index contributed by atoms with van der Waals surface area (Å²) >= 11 is 5.94. The quantitative estimate of drug-likeness (QED) is 0.802. The third kappa shape index (κ3) is 2.53. The van der Waals surface area contributed by atoms with Crippen LogP contribution in [0.4, 0.5) is 0 Å². The second kappa shape index (κ2) is 5.06. The second-order valence-electron chi connectivity index (χ2n) is 4.49. The van der Waals surface area contributed by atoms with Gasteiger partial charge in [0, 0.05) is 23.0 Å². The molecule has 21 heavy (non-hydrogen) atoms. The molecule has 0 radical (unpaired) electrons. The molecule has 0 spiro atoms. The molecule has 2 heterocycles. The van der Waals surface area contributed by atoms with Crippen LogP contribution in [0.3, 0.4) is 0 Å². The molecular formula is C14H10ClN3O3. The summed E-state index contributed by atoms with van der Waals surface area (Å²) < 4.78 is 2.55. The van der Waals surface area contributed by atoms with Crippen molar-refractivity contribution in [2.24, 2.45) is 0 Å². The van der Waals surface area contributed by atoms with Gasteiger partial charge in [-0.05, 0) is 18.2 Å². The maximum atomic E-state index is 12.2. The van der Waals surface area contributed by atoms with Gasteiger partial charge in [0.05, 0.1) is 5.69 Å². The number of carboxylic acids is 1. The van der Waals surface area contributed by atoms with Crippen molar-refractivity contribution in [3.8, 4) is 11.3 Å². The molecule has 3 aromatic rings. The maximum absolute atomic E-state index is 12.2. The number of fused-ring (bicyclic) bond motifs is 1. The van der Waals surface area contributed by atoms with Gasteiger partial charge in [0.15, 0.2) is 0 Å². The number of hydrogen-bond donors (Lipinski definition) is 1. The number of nitrogens with zero attached hydrogens (tertiary/aromatic N) is 3. The molecule has 0 aliphatic heterocycles. The van der Waals surface area contributed by atoms with Gasteiger partial charge >= 0.3 is 5.97 Å². The zero-order valence-electron chi connectivity index (χ0n) is 10.7. The SMILES string of the molecule is O=C(O)Cn1ccn2nc(-c3cccc(Cl)c3)cc2c1=O. The van der Waals surface area contributed by atoms with Gasteiger partial charge in [-0.1, -0.05) is 23.7 Å². The number of hydrogen-bond acceptors (Lipinski definition) is 3. The fraction of sp³-hybridized carbons (Fsp3) is 0.0714. The summed E-state index contributed by atoms with van der Waals surface area (Å²) in [6.07, 6.45) is 2.95. The van der Waals surface area contributed by atoms with Crippen molar-refractivity contribution in [3.05, 3.63) is 58.1 Å². The van der Waals surface area contributed by atoms with Crippen LogP contribution >= 0.6 is 11.6 Å². The highest BCUT2D eigenvalue weighted by molar-refractivity contribution is 6.30. The van der Waals surface area contributed by atoms with Gasteiger partial charge in [0.2, 0.25) is 0 Å². The van der Waals surface area contributed by atoms with Gasteiger partial charge in [-0.15, -0.1) is 0 Å². The van der Waals surface area contributed by atoms with Crippen LogP contribution in [0.5, 0.6) is 0 Å². The first-order chi connectivity index (χ1) is 10.0. The van der Waals surface area contributed by atoms with E-state index in [1.165, 1.54) is 10.7 Å². The Morgan fingerprint density at radius 3 is 2.81 bits per heavy atom. The highest BCUT2D eigenvalue weighted by Gasteiger charge is 2.10. The number of rotatable bonds is 3. The lowest BCUT2D eigenvalue weighted by molar-refractivity contribution is -0.137. The van der Waals surface area contributed by atoms with E-state index in [-0.39, 0.29) is 6.54 Å². The van der Waals surface area contributed by atoms with Crippen molar-refractivity contribution >= 4 is 23.1 Å². The van der Waals surface area contributed by atoms with Gasteiger partial charge in [0.25, 0.3) is 5.56 Å². The lowest BCUT2D eigenvalue weighted by Gasteiger charge is -2.01. The standard InChI is InChI=1S/C14H10ClN3O3/c15-10-3-1-2-9(6-10)11-7-12-14(21)17(8-13(19)20)4-5-18(12)16-11/h1-7H,8H2,(H,19,20). The fourth-order valence-corrected chi connectivity index (χ4v) is 2.28. The van der Waals surface area contributed by atoms with Crippen molar-refractivity contribution in [2.45, 2.75) is 6.54 Å². The van der Waals surface area contributed by atoms with E-state index >= 15 is 0 Å². The largest absolute Gasteiger partial charge is 0.480 e.